The summed E-state index contributed by atoms with van der Waals surface area (Å²) in [5, 5.41) is 2.31. The molecular weight excluding hydrogens is 578 g/mol. The summed E-state index contributed by atoms with van der Waals surface area (Å²) in [6, 6.07) is 14.1. The minimum absolute atomic E-state index is 0.0407. The third kappa shape index (κ3) is 8.93. The Morgan fingerprint density at radius 3 is 1.95 bits per heavy atom. The second kappa shape index (κ2) is 13.9. The molecule has 232 valence electrons. The second-order valence-corrected chi connectivity index (χ2v) is 12.5. The Bertz CT molecular complexity index is 1300. The molecular formula is C31H38ClN3O8. The average molecular weight is 616 g/mol. The maximum Gasteiger partial charge on any atom is 0.410 e. The molecule has 3 rings (SSSR count). The second-order valence-electron chi connectivity index (χ2n) is 12.0. The van der Waals surface area contributed by atoms with Crippen LogP contribution in [0.25, 0.3) is 0 Å². The predicted octanol–water partition coefficient (Wildman–Crippen LogP) is 5.29. The van der Waals surface area contributed by atoms with Gasteiger partial charge in [0, 0.05) is 29.2 Å². The molecule has 1 aliphatic rings. The fourth-order valence-electron chi connectivity index (χ4n) is 4.44. The van der Waals surface area contributed by atoms with Gasteiger partial charge in [0.05, 0.1) is 11.5 Å². The minimum atomic E-state index is -1.93. The van der Waals surface area contributed by atoms with Gasteiger partial charge in [0.15, 0.2) is 0 Å². The van der Waals surface area contributed by atoms with Gasteiger partial charge in [-0.2, -0.15) is 5.01 Å². The first kappa shape index (κ1) is 33.4. The van der Waals surface area contributed by atoms with Crippen LogP contribution in [0.4, 0.5) is 4.79 Å². The summed E-state index contributed by atoms with van der Waals surface area (Å²) in [5.41, 5.74) is -1.38. The number of hydrogen-bond acceptors (Lipinski definition) is 8. The van der Waals surface area contributed by atoms with Crippen molar-refractivity contribution in [1.82, 2.24) is 14.9 Å². The molecule has 12 heteroatoms. The highest BCUT2D eigenvalue weighted by molar-refractivity contribution is 6.30. The monoisotopic (exact) mass is 615 g/mol. The summed E-state index contributed by atoms with van der Waals surface area (Å²) in [5.74, 6) is -2.81. The van der Waals surface area contributed by atoms with E-state index in [-0.39, 0.29) is 43.5 Å². The summed E-state index contributed by atoms with van der Waals surface area (Å²) in [4.78, 5) is 67.0. The van der Waals surface area contributed by atoms with Crippen molar-refractivity contribution in [2.75, 3.05) is 13.1 Å². The summed E-state index contributed by atoms with van der Waals surface area (Å²) >= 11 is 6.03. The van der Waals surface area contributed by atoms with Crippen LogP contribution in [0.15, 0.2) is 54.6 Å². The van der Waals surface area contributed by atoms with E-state index in [1.165, 1.54) is 29.2 Å². The number of hydrazine groups is 1. The van der Waals surface area contributed by atoms with Crippen LogP contribution in [-0.4, -0.2) is 75.9 Å². The lowest BCUT2D eigenvalue weighted by molar-refractivity contribution is -0.244. The van der Waals surface area contributed by atoms with Gasteiger partial charge in [-0.3, -0.25) is 19.2 Å². The van der Waals surface area contributed by atoms with Gasteiger partial charge in [-0.05, 0) is 90.8 Å². The van der Waals surface area contributed by atoms with E-state index in [1.807, 2.05) is 0 Å². The number of nitrogens with zero attached hydrogens (tertiary/aromatic N) is 3. The molecule has 0 spiro atoms. The molecule has 1 fully saturated rings. The molecule has 2 aromatic rings. The van der Waals surface area contributed by atoms with E-state index in [2.05, 4.69) is 0 Å². The summed E-state index contributed by atoms with van der Waals surface area (Å²) < 4.78 is 16.3. The standard InChI is InChI=1S/C31H38ClN3O8/c1-30(2,3)35(26(38)21-10-8-7-9-11-21)34(25(37)22-12-14-24(32)15-13-22)29(41-20-36)42-27(39)23-16-18-33(19-17-23)28(40)43-31(4,5)6/h7-15,20,23,29H,16-19H2,1-6H3. The van der Waals surface area contributed by atoms with Crippen LogP contribution in [0.5, 0.6) is 0 Å². The molecule has 0 bridgehead atoms. The molecule has 1 saturated heterocycles. The zero-order valence-corrected chi connectivity index (χ0v) is 26.0. The molecule has 0 saturated carbocycles. The molecule has 0 aliphatic carbocycles. The van der Waals surface area contributed by atoms with Gasteiger partial charge in [-0.15, -0.1) is 0 Å². The lowest BCUT2D eigenvalue weighted by Crippen LogP contribution is -2.63. The molecule has 1 atom stereocenters. The van der Waals surface area contributed by atoms with Crippen molar-refractivity contribution >= 4 is 42.0 Å². The molecule has 43 heavy (non-hydrogen) atoms. The van der Waals surface area contributed by atoms with E-state index in [4.69, 9.17) is 25.8 Å². The number of carbonyl (C=O) groups excluding carboxylic acids is 5. The lowest BCUT2D eigenvalue weighted by atomic mass is 9.97. The molecule has 3 amide bonds. The molecule has 2 aromatic carbocycles. The van der Waals surface area contributed by atoms with Gasteiger partial charge in [0.25, 0.3) is 18.3 Å². The number of likely N-dealkylation sites (tertiary alicyclic amines) is 1. The van der Waals surface area contributed by atoms with Gasteiger partial charge in [0.2, 0.25) is 0 Å². The SMILES string of the molecule is CC(C)(C)OC(=O)N1CCC(C(=O)OC(OC=O)N(C(=O)c2ccc(Cl)cc2)N(C(=O)c2ccccc2)C(C)(C)C)CC1. The first-order valence-corrected chi connectivity index (χ1v) is 14.3. The van der Waals surface area contributed by atoms with Crippen LogP contribution in [0, 0.1) is 5.92 Å². The summed E-state index contributed by atoms with van der Waals surface area (Å²) in [7, 11) is 0. The maximum absolute atomic E-state index is 14.0. The number of carbonyl (C=O) groups is 5. The average Bonchev–Trinajstić information content (AvgIpc) is 2.94. The number of rotatable bonds is 7. The molecule has 1 unspecified atom stereocenters. The summed E-state index contributed by atoms with van der Waals surface area (Å²) in [6.45, 7) is 10.9. The topological polar surface area (TPSA) is 123 Å². The largest absolute Gasteiger partial charge is 0.444 e. The van der Waals surface area contributed by atoms with E-state index in [0.717, 1.165) is 10.0 Å². The molecule has 11 nitrogen and oxygen atoms in total. The van der Waals surface area contributed by atoms with E-state index in [9.17, 15) is 24.0 Å². The van der Waals surface area contributed by atoms with E-state index in [0.29, 0.717) is 5.02 Å². The first-order valence-electron chi connectivity index (χ1n) is 13.9. The van der Waals surface area contributed by atoms with Crippen molar-refractivity contribution in [3.05, 3.63) is 70.7 Å². The number of benzene rings is 2. The molecule has 1 aliphatic heterocycles. The number of piperidine rings is 1. The van der Waals surface area contributed by atoms with Gasteiger partial charge in [-0.25, -0.2) is 9.80 Å². The van der Waals surface area contributed by atoms with E-state index >= 15 is 0 Å². The Hall–Kier alpha value is -4.12. The van der Waals surface area contributed by atoms with Crippen molar-refractivity contribution in [1.29, 1.82) is 0 Å². The number of hydrogen-bond donors (Lipinski definition) is 0. The fraction of sp³-hybridized carbons (Fsp3) is 0.452. The normalized spacial score (nSPS) is 14.7. The first-order chi connectivity index (χ1) is 20.1. The Kier molecular flexibility index (Phi) is 10.8. The number of ether oxygens (including phenoxy) is 3. The minimum Gasteiger partial charge on any atom is -0.444 e. The van der Waals surface area contributed by atoms with Gasteiger partial charge >= 0.3 is 18.5 Å². The van der Waals surface area contributed by atoms with Crippen LogP contribution < -0.4 is 0 Å². The van der Waals surface area contributed by atoms with Crippen molar-refractivity contribution in [2.24, 2.45) is 5.92 Å². The highest BCUT2D eigenvalue weighted by atomic mass is 35.5. The Morgan fingerprint density at radius 2 is 1.44 bits per heavy atom. The molecule has 0 N–H and O–H groups in total. The Labute approximate surface area is 256 Å². The number of esters is 1. The molecule has 0 aromatic heterocycles. The quantitative estimate of drug-likeness (QED) is 0.178. The van der Waals surface area contributed by atoms with Crippen LogP contribution in [0.3, 0.4) is 0 Å². The zero-order valence-electron chi connectivity index (χ0n) is 25.2. The Balaban J connectivity index is 1.94. The van der Waals surface area contributed by atoms with E-state index < -0.39 is 47.3 Å². The number of amides is 3. The van der Waals surface area contributed by atoms with E-state index in [1.54, 1.807) is 71.9 Å². The van der Waals surface area contributed by atoms with Crippen molar-refractivity contribution < 1.29 is 38.2 Å². The van der Waals surface area contributed by atoms with Crippen LogP contribution in [0.2, 0.25) is 5.02 Å². The highest BCUT2D eigenvalue weighted by Crippen LogP contribution is 2.28. The highest BCUT2D eigenvalue weighted by Gasteiger charge is 2.44. The Morgan fingerprint density at radius 1 is 0.884 bits per heavy atom. The number of halogens is 1. The summed E-state index contributed by atoms with van der Waals surface area (Å²) in [6.07, 6.45) is -1.91. The van der Waals surface area contributed by atoms with Crippen molar-refractivity contribution in [3.8, 4) is 0 Å². The van der Waals surface area contributed by atoms with Gasteiger partial charge in [-0.1, -0.05) is 29.8 Å². The zero-order chi connectivity index (χ0) is 31.9. The van der Waals surface area contributed by atoms with Crippen LogP contribution in [-0.2, 0) is 23.8 Å². The lowest BCUT2D eigenvalue weighted by Gasteiger charge is -2.45. The molecule has 1 heterocycles. The van der Waals surface area contributed by atoms with Gasteiger partial charge in [0.1, 0.15) is 5.60 Å². The smallest absolute Gasteiger partial charge is 0.410 e. The van der Waals surface area contributed by atoms with Crippen LogP contribution >= 0.6 is 11.6 Å². The molecule has 0 radical (unpaired) electrons. The van der Waals surface area contributed by atoms with Crippen molar-refractivity contribution in [3.63, 3.8) is 0 Å². The maximum atomic E-state index is 14.0. The fourth-order valence-corrected chi connectivity index (χ4v) is 4.56. The van der Waals surface area contributed by atoms with Crippen LogP contribution in [0.1, 0.15) is 75.1 Å². The third-order valence-electron chi connectivity index (χ3n) is 6.43. The third-order valence-corrected chi connectivity index (χ3v) is 6.68. The van der Waals surface area contributed by atoms with Crippen molar-refractivity contribution in [2.45, 2.75) is 71.9 Å². The van der Waals surface area contributed by atoms with Gasteiger partial charge < -0.3 is 19.1 Å². The predicted molar refractivity (Wildman–Crippen MR) is 158 cm³/mol.